The van der Waals surface area contributed by atoms with Gasteiger partial charge in [-0.3, -0.25) is 4.79 Å². The van der Waals surface area contributed by atoms with Gasteiger partial charge in [0, 0.05) is 19.6 Å². The van der Waals surface area contributed by atoms with Crippen LogP contribution >= 0.6 is 11.3 Å². The first-order valence-corrected chi connectivity index (χ1v) is 7.75. The number of nitrogen functional groups attached to an aromatic ring is 1. The molecule has 0 fully saturated rings. The Balaban J connectivity index is 2.76. The molecule has 5 nitrogen and oxygen atoms in total. The third kappa shape index (κ3) is 4.38. The van der Waals surface area contributed by atoms with Crippen molar-refractivity contribution in [2.45, 2.75) is 40.0 Å². The smallest absolute Gasteiger partial charge is 0.267 e. The number of nitrogens with zero attached hydrogens (tertiary/aromatic N) is 2. The summed E-state index contributed by atoms with van der Waals surface area (Å²) in [5.74, 6) is 0.332. The minimum atomic E-state index is -0.00417. The first kappa shape index (κ1) is 15.8. The molecule has 1 rings (SSSR count). The zero-order valence-electron chi connectivity index (χ0n) is 12.0. The summed E-state index contributed by atoms with van der Waals surface area (Å²) < 4.78 is 0. The molecule has 0 saturated carbocycles. The minimum absolute atomic E-state index is 0.00417. The number of carbonyl (C=O) groups excluding carboxylic acids is 1. The maximum Gasteiger partial charge on any atom is 0.267 e. The molecule has 0 saturated heterocycles. The molecule has 0 radical (unpaired) electrons. The fourth-order valence-corrected chi connectivity index (χ4v) is 2.57. The number of unbranched alkanes of at least 4 members (excludes halogenated alkanes) is 1. The molecule has 1 amide bonds. The molecule has 1 heterocycles. The highest BCUT2D eigenvalue weighted by atomic mass is 32.1. The second-order valence-electron chi connectivity index (χ2n) is 4.40. The largest absolute Gasteiger partial charge is 0.382 e. The summed E-state index contributed by atoms with van der Waals surface area (Å²) in [6.45, 7) is 8.51. The lowest BCUT2D eigenvalue weighted by Gasteiger charge is -2.19. The van der Waals surface area contributed by atoms with Crippen LogP contribution in [0.1, 0.15) is 49.7 Å². The number of nitrogens with one attached hydrogen (secondary N) is 1. The van der Waals surface area contributed by atoms with Crippen molar-refractivity contribution in [3.8, 4) is 0 Å². The Morgan fingerprint density at radius 2 is 2.11 bits per heavy atom. The fourth-order valence-electron chi connectivity index (χ4n) is 1.69. The molecule has 1 aromatic rings. The standard InChI is InChI=1S/C13H24N4OS/c1-4-7-9-17(6-3)12(18)10-11(14)16-13(19-10)15-8-5-2/h4-9,14H2,1-3H3,(H,15,16). The van der Waals surface area contributed by atoms with Crippen molar-refractivity contribution in [1.29, 1.82) is 0 Å². The lowest BCUT2D eigenvalue weighted by atomic mass is 10.3. The van der Waals surface area contributed by atoms with E-state index in [2.05, 4.69) is 24.1 Å². The highest BCUT2D eigenvalue weighted by Crippen LogP contribution is 2.26. The fraction of sp³-hybridized carbons (Fsp3) is 0.692. The van der Waals surface area contributed by atoms with E-state index in [0.29, 0.717) is 17.2 Å². The highest BCUT2D eigenvalue weighted by Gasteiger charge is 2.20. The topological polar surface area (TPSA) is 71.2 Å². The molecular weight excluding hydrogens is 260 g/mol. The van der Waals surface area contributed by atoms with Gasteiger partial charge in [-0.25, -0.2) is 4.98 Å². The molecule has 0 aliphatic rings. The molecule has 19 heavy (non-hydrogen) atoms. The Bertz CT molecular complexity index is 405. The number of thiazole rings is 1. The maximum atomic E-state index is 12.4. The summed E-state index contributed by atoms with van der Waals surface area (Å²) in [5.41, 5.74) is 5.85. The maximum absolute atomic E-state index is 12.4. The van der Waals surface area contributed by atoms with Gasteiger partial charge in [0.05, 0.1) is 0 Å². The van der Waals surface area contributed by atoms with Crippen molar-refractivity contribution in [2.75, 3.05) is 30.7 Å². The van der Waals surface area contributed by atoms with E-state index >= 15 is 0 Å². The number of carbonyl (C=O) groups is 1. The van der Waals surface area contributed by atoms with Crippen LogP contribution in [-0.4, -0.2) is 35.4 Å². The van der Waals surface area contributed by atoms with Gasteiger partial charge in [0.15, 0.2) is 5.13 Å². The van der Waals surface area contributed by atoms with E-state index in [-0.39, 0.29) is 5.91 Å². The van der Waals surface area contributed by atoms with Gasteiger partial charge >= 0.3 is 0 Å². The number of nitrogens with two attached hydrogens (primary N) is 1. The quantitative estimate of drug-likeness (QED) is 0.770. The van der Waals surface area contributed by atoms with E-state index in [1.807, 2.05) is 11.8 Å². The molecule has 6 heteroatoms. The molecule has 0 aliphatic heterocycles. The Kier molecular flexibility index (Phi) is 6.62. The Morgan fingerprint density at radius 3 is 2.68 bits per heavy atom. The lowest BCUT2D eigenvalue weighted by molar-refractivity contribution is 0.0768. The van der Waals surface area contributed by atoms with Crippen molar-refractivity contribution in [2.24, 2.45) is 0 Å². The molecule has 0 spiro atoms. The van der Waals surface area contributed by atoms with E-state index in [1.165, 1.54) is 11.3 Å². The lowest BCUT2D eigenvalue weighted by Crippen LogP contribution is -2.31. The molecule has 0 bridgehead atoms. The predicted molar refractivity (Wildman–Crippen MR) is 81.8 cm³/mol. The SMILES string of the molecule is CCCCN(CC)C(=O)c1sc(NCCC)nc1N. The summed E-state index contributed by atoms with van der Waals surface area (Å²) in [5, 5.41) is 3.90. The van der Waals surface area contributed by atoms with Crippen molar-refractivity contribution in [3.63, 3.8) is 0 Å². The summed E-state index contributed by atoms with van der Waals surface area (Å²) >= 11 is 1.35. The minimum Gasteiger partial charge on any atom is -0.382 e. The van der Waals surface area contributed by atoms with Crippen LogP contribution in [0.2, 0.25) is 0 Å². The van der Waals surface area contributed by atoms with Crippen LogP contribution in [0.4, 0.5) is 10.9 Å². The molecule has 0 aromatic carbocycles. The molecule has 3 N–H and O–H groups in total. The molecule has 1 aromatic heterocycles. The molecule has 0 aliphatic carbocycles. The Morgan fingerprint density at radius 1 is 1.37 bits per heavy atom. The summed E-state index contributed by atoms with van der Waals surface area (Å²) in [6, 6.07) is 0. The first-order chi connectivity index (χ1) is 9.13. The van der Waals surface area contributed by atoms with E-state index in [0.717, 1.165) is 37.5 Å². The monoisotopic (exact) mass is 284 g/mol. The van der Waals surface area contributed by atoms with E-state index in [1.54, 1.807) is 0 Å². The van der Waals surface area contributed by atoms with E-state index in [9.17, 15) is 4.79 Å². The van der Waals surface area contributed by atoms with Gasteiger partial charge in [-0.2, -0.15) is 0 Å². The summed E-state index contributed by atoms with van der Waals surface area (Å²) in [6.07, 6.45) is 3.10. The van der Waals surface area contributed by atoms with Crippen LogP contribution in [0.3, 0.4) is 0 Å². The van der Waals surface area contributed by atoms with Gasteiger partial charge in [-0.15, -0.1) is 0 Å². The van der Waals surface area contributed by atoms with Gasteiger partial charge in [0.25, 0.3) is 5.91 Å². The third-order valence-electron chi connectivity index (χ3n) is 2.82. The van der Waals surface area contributed by atoms with Gasteiger partial charge in [0.2, 0.25) is 0 Å². The number of anilines is 2. The van der Waals surface area contributed by atoms with Gasteiger partial charge in [-0.1, -0.05) is 31.6 Å². The second kappa shape index (κ2) is 7.99. The number of aromatic nitrogens is 1. The zero-order chi connectivity index (χ0) is 14.3. The van der Waals surface area contributed by atoms with Gasteiger partial charge < -0.3 is 16.0 Å². The average molecular weight is 284 g/mol. The number of rotatable bonds is 8. The molecule has 0 atom stereocenters. The van der Waals surface area contributed by atoms with Crippen molar-refractivity contribution in [3.05, 3.63) is 4.88 Å². The molecule has 108 valence electrons. The number of amides is 1. The predicted octanol–water partition coefficient (Wildman–Crippen LogP) is 2.81. The van der Waals surface area contributed by atoms with Crippen LogP contribution in [0.15, 0.2) is 0 Å². The third-order valence-corrected chi connectivity index (χ3v) is 3.84. The summed E-state index contributed by atoms with van der Waals surface area (Å²) in [4.78, 5) is 19.0. The zero-order valence-corrected chi connectivity index (χ0v) is 12.8. The van der Waals surface area contributed by atoms with Crippen LogP contribution in [0, 0.1) is 0 Å². The van der Waals surface area contributed by atoms with Crippen molar-refractivity contribution >= 4 is 28.2 Å². The van der Waals surface area contributed by atoms with Crippen LogP contribution in [0.5, 0.6) is 0 Å². The van der Waals surface area contributed by atoms with Crippen LogP contribution < -0.4 is 11.1 Å². The van der Waals surface area contributed by atoms with Crippen LogP contribution in [0.25, 0.3) is 0 Å². The van der Waals surface area contributed by atoms with Gasteiger partial charge in [-0.05, 0) is 19.8 Å². The Labute approximate surface area is 119 Å². The second-order valence-corrected chi connectivity index (χ2v) is 5.40. The van der Waals surface area contributed by atoms with Gasteiger partial charge in [0.1, 0.15) is 10.7 Å². The normalized spacial score (nSPS) is 10.5. The number of hydrogen-bond acceptors (Lipinski definition) is 5. The first-order valence-electron chi connectivity index (χ1n) is 6.93. The Hall–Kier alpha value is -1.30. The average Bonchev–Trinajstić information content (AvgIpc) is 2.78. The van der Waals surface area contributed by atoms with Crippen molar-refractivity contribution < 1.29 is 4.79 Å². The molecule has 0 unspecified atom stereocenters. The number of hydrogen-bond donors (Lipinski definition) is 2. The summed E-state index contributed by atoms with van der Waals surface area (Å²) in [7, 11) is 0. The van der Waals surface area contributed by atoms with E-state index < -0.39 is 0 Å². The highest BCUT2D eigenvalue weighted by molar-refractivity contribution is 7.18. The van der Waals surface area contributed by atoms with Crippen LogP contribution in [-0.2, 0) is 0 Å². The molecular formula is C13H24N4OS. The van der Waals surface area contributed by atoms with Crippen molar-refractivity contribution in [1.82, 2.24) is 9.88 Å². The van der Waals surface area contributed by atoms with E-state index in [4.69, 9.17) is 5.73 Å².